The number of rotatable bonds is 41. The van der Waals surface area contributed by atoms with Gasteiger partial charge in [0.25, 0.3) is 0 Å². The summed E-state index contributed by atoms with van der Waals surface area (Å²) in [5.74, 6) is 0.547. The van der Waals surface area contributed by atoms with E-state index in [4.69, 9.17) is 80.4 Å². The number of ketones is 16. The summed E-state index contributed by atoms with van der Waals surface area (Å²) in [5.41, 5.74) is 6.08. The highest BCUT2D eigenvalue weighted by molar-refractivity contribution is 7.20. The number of hydrogen-bond donors (Lipinski definition) is 1. The number of phenols is 1. The topological polar surface area (TPSA) is 355 Å². The molecule has 16 rings (SSSR count). The molecule has 0 aliphatic heterocycles. The minimum absolute atomic E-state index is 0.0152. The molecule has 0 amide bonds. The molecule has 34 heteroatoms. The molecule has 0 aliphatic rings. The van der Waals surface area contributed by atoms with Crippen molar-refractivity contribution in [2.75, 3.05) is 7.11 Å². The number of carbonyl (C=O) groups is 16. The summed E-state index contributed by atoms with van der Waals surface area (Å²) in [6, 6.07) is 69.2. The summed E-state index contributed by atoms with van der Waals surface area (Å²) in [5, 5.41) is 15.0. The fourth-order valence-electron chi connectivity index (χ4n) is 13.1. The maximum atomic E-state index is 12.0. The van der Waals surface area contributed by atoms with Crippen LogP contribution in [0.5, 0.6) is 11.5 Å². The van der Waals surface area contributed by atoms with Crippen LogP contribution in [0.3, 0.4) is 0 Å². The third-order valence-electron chi connectivity index (χ3n) is 20.7. The molecule has 1 N–H and O–H groups in total. The average Bonchev–Trinajstić information content (AvgIpc) is 1.68. The zero-order chi connectivity index (χ0) is 105. The molecule has 0 aliphatic carbocycles. The summed E-state index contributed by atoms with van der Waals surface area (Å²) >= 11 is 38.7. The Kier molecular flexibility index (Phi) is 48.3. The van der Waals surface area contributed by atoms with Crippen LogP contribution in [0, 0.1) is 27.7 Å². The van der Waals surface area contributed by atoms with Crippen molar-refractivity contribution in [3.05, 3.63) is 413 Å². The third-order valence-corrected chi connectivity index (χ3v) is 28.8. The van der Waals surface area contributed by atoms with Gasteiger partial charge < -0.3 is 27.5 Å². The van der Waals surface area contributed by atoms with E-state index in [2.05, 4.69) is 0 Å². The van der Waals surface area contributed by atoms with Crippen molar-refractivity contribution < 1.29 is 104 Å². The summed E-state index contributed by atoms with van der Waals surface area (Å²) < 4.78 is 27.4. The van der Waals surface area contributed by atoms with Gasteiger partial charge in [0.05, 0.1) is 65.9 Å². The summed E-state index contributed by atoms with van der Waals surface area (Å²) in [6.07, 6.45) is 8.72. The highest BCUT2D eigenvalue weighted by Gasteiger charge is 2.24. The van der Waals surface area contributed by atoms with E-state index in [0.29, 0.717) is 95.6 Å². The Morgan fingerprint density at radius 1 is 0.262 bits per heavy atom. The number of ether oxygens (including phenoxy) is 1. The number of Topliss-reactive ketones (excluding diaryl/α,β-unsaturated/α-hetero) is 16. The van der Waals surface area contributed by atoms with Crippen molar-refractivity contribution in [2.45, 2.75) is 130 Å². The first-order valence-corrected chi connectivity index (χ1v) is 52.5. The summed E-state index contributed by atoms with van der Waals surface area (Å²) in [6.45, 7) is 7.65. The molecule has 0 atom stereocenters. The second kappa shape index (κ2) is 60.6. The maximum Gasteiger partial charge on any atom is 0.198 e. The number of methoxy groups -OCH3 is 1. The second-order valence-electron chi connectivity index (χ2n) is 31.3. The number of benzene rings is 5. The van der Waals surface area contributed by atoms with Crippen LogP contribution in [0.1, 0.15) is 287 Å². The predicted octanol–water partition coefficient (Wildman–Crippen LogP) is 31.3. The molecule has 0 unspecified atom stereocenters. The lowest BCUT2D eigenvalue weighted by Crippen LogP contribution is -2.05. The average molecular weight is 2180 g/mol. The number of aromatic hydroxyl groups is 1. The Bertz CT molecular complexity index is 6860. The van der Waals surface area contributed by atoms with E-state index in [-0.39, 0.29) is 199 Å². The number of furan rings is 4. The molecule has 11 heterocycles. The Morgan fingerprint density at radius 2 is 0.641 bits per heavy atom. The molecule has 0 saturated heterocycles. The number of para-hydroxylation sites is 1. The fraction of sp³-hybridized carbons (Fsp3) is 0.189. The minimum atomic E-state index is -0.256. The summed E-state index contributed by atoms with van der Waals surface area (Å²) in [7, 11) is 1.59. The molecule has 145 heavy (non-hydrogen) atoms. The lowest BCUT2D eigenvalue weighted by molar-refractivity contribution is 0.0901. The number of thiophene rings is 7. The lowest BCUT2D eigenvalue weighted by atomic mass is 10.0. The standard InChI is InChI=1S/C16H16O4.C15H14O3.C14H11ClO2S.C14H12O4.C14H12O3.C13H9Cl3O2S2.C13H11ClO2S2.C12H10O2S2/c1-11-10-12(5-8-15(11)19-2)13(17)6-7-14(18)16-4-3-9-20-16;1-11-4-2-5-12(10-11)13(16)7-8-14(17)15-6-3-9-18-15;15-14-11(8-9-18-14)13(17)7-6-12(16)10-4-2-1-3-5-10;15-11-5-2-1-4-10(11)12(16)7-8-13(17)14-6-3-9-18-14;15-12(11-5-2-1-3-6-11)8-9-13(16)14-7-4-10-17-14;1-6-4-7(12(15)19-6)9(17)2-3-10(18)8-5-11(14)20-13(8)16;1-8-2-5-11(17-8)9(15)3-4-10(16)12-6-7-13(14)18-12;13-9(11-3-1-7-15-11)5-6-10(14)12-4-2-8-16-12/h3-5,8-10H,6-7H2,1-2H3;2-6,9-10H,7-8H2,1H3;1-5,8-9H,6-7H2;1-6,9,15H,7-8H2;1-7,10H,8-9H2;4-5H,2-3H2,1H3;2,5-7H,3-4H2,1H3;1-4,7-8H,5-6H2. The van der Waals surface area contributed by atoms with E-state index < -0.39 is 0 Å². The van der Waals surface area contributed by atoms with Crippen LogP contribution >= 0.6 is 137 Å². The van der Waals surface area contributed by atoms with Crippen molar-refractivity contribution in [1.29, 1.82) is 0 Å². The molecule has 11 aromatic heterocycles. The number of carbonyl (C=O) groups excluding carboxylic acids is 16. The van der Waals surface area contributed by atoms with Crippen LogP contribution in [-0.2, 0) is 0 Å². The van der Waals surface area contributed by atoms with Gasteiger partial charge in [-0.25, -0.2) is 0 Å². The van der Waals surface area contributed by atoms with E-state index in [9.17, 15) is 81.8 Å². The molecular formula is C111H95Cl5O22S7. The molecule has 0 fully saturated rings. The van der Waals surface area contributed by atoms with Gasteiger partial charge in [-0.3, -0.25) is 76.7 Å². The Morgan fingerprint density at radius 3 is 1.00 bits per heavy atom. The van der Waals surface area contributed by atoms with Gasteiger partial charge in [0.15, 0.2) is 116 Å². The molecule has 16 aromatic rings. The number of hydrogen-bond acceptors (Lipinski definition) is 29. The van der Waals surface area contributed by atoms with Crippen molar-refractivity contribution in [3.8, 4) is 11.5 Å². The Hall–Kier alpha value is -13.1. The quantitative estimate of drug-likeness (QED) is 0.0348. The maximum absolute atomic E-state index is 12.0. The SMILES string of the molecule is COc1ccc(C(=O)CCC(=O)c2ccco2)cc1C.Cc1cc(C(=O)CCC(=O)c2cc(Cl)sc2Cl)c(Cl)s1.Cc1ccc(C(=O)CCC(=O)c2ccc(Cl)s2)s1.Cc1cccc(C(=O)CCC(=O)c2ccco2)c1.O=C(CCC(=O)c1ccccc1O)c1ccco1.O=C(CCC(=O)c1ccco1)c1ccccc1.O=C(CCC(=O)c1cccs1)c1cccs1.O=C(CCC(=O)c1ccsc1Cl)c1ccccc1. The largest absolute Gasteiger partial charge is 0.507 e. The van der Waals surface area contributed by atoms with E-state index >= 15 is 0 Å². The first-order valence-electron chi connectivity index (χ1n) is 44.7. The zero-order valence-electron chi connectivity index (χ0n) is 78.7. The number of aryl methyl sites for hydroxylation is 4. The Labute approximate surface area is 888 Å². The first kappa shape index (κ1) is 115. The van der Waals surface area contributed by atoms with E-state index in [1.165, 1.54) is 111 Å². The summed E-state index contributed by atoms with van der Waals surface area (Å²) in [4.78, 5) is 194. The smallest absolute Gasteiger partial charge is 0.198 e. The van der Waals surface area contributed by atoms with Gasteiger partial charge in [-0.05, 0) is 189 Å². The van der Waals surface area contributed by atoms with E-state index in [1.54, 1.807) is 158 Å². The van der Waals surface area contributed by atoms with Crippen LogP contribution in [0.15, 0.2) is 302 Å². The molecule has 0 saturated carbocycles. The zero-order valence-corrected chi connectivity index (χ0v) is 88.2. The third kappa shape index (κ3) is 38.7. The van der Waals surface area contributed by atoms with Gasteiger partial charge >= 0.3 is 0 Å². The predicted molar refractivity (Wildman–Crippen MR) is 573 cm³/mol. The Balaban J connectivity index is 0.000000185. The van der Waals surface area contributed by atoms with Gasteiger partial charge in [0, 0.05) is 151 Å². The van der Waals surface area contributed by atoms with Crippen LogP contribution in [0.4, 0.5) is 0 Å². The number of halogens is 5. The first-order chi connectivity index (χ1) is 69.6. The molecular weight excluding hydrogens is 2090 g/mol. The van der Waals surface area contributed by atoms with Gasteiger partial charge in [0.1, 0.15) is 24.5 Å². The normalized spacial score (nSPS) is 10.4. The minimum Gasteiger partial charge on any atom is -0.507 e. The molecule has 0 radical (unpaired) electrons. The van der Waals surface area contributed by atoms with Crippen molar-refractivity contribution in [3.63, 3.8) is 0 Å². The van der Waals surface area contributed by atoms with Crippen LogP contribution < -0.4 is 4.74 Å². The monoisotopic (exact) mass is 2180 g/mol. The van der Waals surface area contributed by atoms with E-state index in [0.717, 1.165) is 52.6 Å². The van der Waals surface area contributed by atoms with Crippen molar-refractivity contribution in [1.82, 2.24) is 0 Å². The highest BCUT2D eigenvalue weighted by atomic mass is 35.5. The van der Waals surface area contributed by atoms with Crippen LogP contribution in [0.2, 0.25) is 21.7 Å². The molecule has 748 valence electrons. The molecule has 0 spiro atoms. The van der Waals surface area contributed by atoms with Crippen LogP contribution in [-0.4, -0.2) is 105 Å². The van der Waals surface area contributed by atoms with Crippen molar-refractivity contribution in [2.24, 2.45) is 0 Å². The fourth-order valence-corrected chi connectivity index (χ4v) is 20.1. The van der Waals surface area contributed by atoms with Crippen LogP contribution in [0.25, 0.3) is 0 Å². The molecule has 5 aromatic carbocycles. The van der Waals surface area contributed by atoms with E-state index in [1.807, 2.05) is 117 Å². The van der Waals surface area contributed by atoms with Gasteiger partial charge in [0.2, 0.25) is 0 Å². The number of phenolic OH excluding ortho intramolecular Hbond substituents is 1. The lowest BCUT2D eigenvalue weighted by Gasteiger charge is -2.06. The van der Waals surface area contributed by atoms with Gasteiger partial charge in [-0.1, -0.05) is 167 Å². The van der Waals surface area contributed by atoms with Gasteiger partial charge in [-0.15, -0.1) is 79.4 Å². The van der Waals surface area contributed by atoms with Gasteiger partial charge in [-0.2, -0.15) is 0 Å². The highest BCUT2D eigenvalue weighted by Crippen LogP contribution is 2.35. The molecule has 22 nitrogen and oxygen atoms in total. The van der Waals surface area contributed by atoms with Crippen molar-refractivity contribution >= 4 is 230 Å². The second-order valence-corrected chi connectivity index (χ2v) is 41.9. The molecule has 0 bridgehead atoms.